The van der Waals surface area contributed by atoms with E-state index in [0.717, 1.165) is 56.0 Å². The van der Waals surface area contributed by atoms with E-state index in [0.29, 0.717) is 18.3 Å². The van der Waals surface area contributed by atoms with Crippen molar-refractivity contribution < 1.29 is 18.3 Å². The molecule has 1 aromatic rings. The first-order valence-corrected chi connectivity index (χ1v) is 13.0. The number of halogens is 2. The van der Waals surface area contributed by atoms with E-state index < -0.39 is 11.6 Å². The summed E-state index contributed by atoms with van der Waals surface area (Å²) in [5.74, 6) is 1.77. The third kappa shape index (κ3) is 5.38. The van der Waals surface area contributed by atoms with E-state index in [-0.39, 0.29) is 11.7 Å². The van der Waals surface area contributed by atoms with Crippen LogP contribution in [0.1, 0.15) is 89.5 Å². The van der Waals surface area contributed by atoms with Crippen LogP contribution >= 0.6 is 0 Å². The SMILES string of the molecule is C/C=C/C1CCC(C2CCC(C3CCC(c4ccc(OCC)c(F)c4F)CC3)CC2)CO1. The van der Waals surface area contributed by atoms with E-state index in [2.05, 4.69) is 19.1 Å². The molecule has 0 bridgehead atoms. The zero-order chi connectivity index (χ0) is 22.5. The van der Waals surface area contributed by atoms with Crippen LogP contribution in [-0.2, 0) is 4.74 Å². The Hall–Kier alpha value is -1.42. The Labute approximate surface area is 192 Å². The molecule has 1 aromatic carbocycles. The third-order valence-electron chi connectivity index (χ3n) is 8.49. The van der Waals surface area contributed by atoms with Crippen molar-refractivity contribution in [3.63, 3.8) is 0 Å². The summed E-state index contributed by atoms with van der Waals surface area (Å²) in [6, 6.07) is 3.34. The van der Waals surface area contributed by atoms with Gasteiger partial charge in [-0.1, -0.05) is 18.2 Å². The second-order valence-electron chi connectivity index (χ2n) is 10.2. The van der Waals surface area contributed by atoms with Crippen LogP contribution in [0.2, 0.25) is 0 Å². The Kier molecular flexibility index (Phi) is 8.26. The topological polar surface area (TPSA) is 18.5 Å². The molecular formula is C28H40F2O2. The highest BCUT2D eigenvalue weighted by atomic mass is 19.2. The summed E-state index contributed by atoms with van der Waals surface area (Å²) >= 11 is 0. The van der Waals surface area contributed by atoms with E-state index in [1.807, 2.05) is 0 Å². The van der Waals surface area contributed by atoms with Crippen molar-refractivity contribution >= 4 is 0 Å². The average Bonchev–Trinajstić information content (AvgIpc) is 2.83. The van der Waals surface area contributed by atoms with Crippen LogP contribution in [0.15, 0.2) is 24.3 Å². The molecule has 3 fully saturated rings. The lowest BCUT2D eigenvalue weighted by atomic mass is 9.66. The van der Waals surface area contributed by atoms with Gasteiger partial charge in [0.1, 0.15) is 0 Å². The summed E-state index contributed by atoms with van der Waals surface area (Å²) in [5, 5.41) is 0. The van der Waals surface area contributed by atoms with Crippen LogP contribution < -0.4 is 4.74 Å². The predicted molar refractivity (Wildman–Crippen MR) is 125 cm³/mol. The Bertz CT molecular complexity index is 753. The molecule has 1 saturated heterocycles. The molecule has 1 heterocycles. The fourth-order valence-corrected chi connectivity index (χ4v) is 6.65. The first-order valence-electron chi connectivity index (χ1n) is 13.0. The van der Waals surface area contributed by atoms with Gasteiger partial charge in [0.25, 0.3) is 0 Å². The second-order valence-corrected chi connectivity index (χ2v) is 10.2. The highest BCUT2D eigenvalue weighted by Crippen LogP contribution is 2.46. The molecule has 2 unspecified atom stereocenters. The van der Waals surface area contributed by atoms with Crippen LogP contribution in [0, 0.1) is 35.3 Å². The number of hydrogen-bond donors (Lipinski definition) is 0. The first-order chi connectivity index (χ1) is 15.6. The maximum Gasteiger partial charge on any atom is 0.200 e. The summed E-state index contributed by atoms with van der Waals surface area (Å²) in [5.41, 5.74) is 0.543. The summed E-state index contributed by atoms with van der Waals surface area (Å²) in [7, 11) is 0. The van der Waals surface area contributed by atoms with Crippen LogP contribution in [0.25, 0.3) is 0 Å². The molecule has 0 radical (unpaired) electrons. The lowest BCUT2D eigenvalue weighted by Gasteiger charge is -2.41. The number of ether oxygens (including phenoxy) is 2. The zero-order valence-corrected chi connectivity index (χ0v) is 19.8. The Morgan fingerprint density at radius 2 is 1.44 bits per heavy atom. The molecule has 0 aromatic heterocycles. The van der Waals surface area contributed by atoms with Crippen molar-refractivity contribution in [2.75, 3.05) is 13.2 Å². The largest absolute Gasteiger partial charge is 0.491 e. The van der Waals surface area contributed by atoms with Gasteiger partial charge in [0.2, 0.25) is 5.82 Å². The van der Waals surface area contributed by atoms with Gasteiger partial charge in [-0.3, -0.25) is 0 Å². The van der Waals surface area contributed by atoms with Crippen molar-refractivity contribution in [3.05, 3.63) is 41.5 Å². The Morgan fingerprint density at radius 1 is 0.844 bits per heavy atom. The summed E-state index contributed by atoms with van der Waals surface area (Å²) in [4.78, 5) is 0. The normalized spacial score (nSPS) is 34.0. The molecule has 4 heteroatoms. The highest BCUT2D eigenvalue weighted by Gasteiger charge is 2.35. The van der Waals surface area contributed by atoms with Gasteiger partial charge in [0.15, 0.2) is 11.6 Å². The van der Waals surface area contributed by atoms with Gasteiger partial charge in [-0.25, -0.2) is 4.39 Å². The van der Waals surface area contributed by atoms with Crippen molar-refractivity contribution in [3.8, 4) is 5.75 Å². The third-order valence-corrected chi connectivity index (χ3v) is 8.49. The number of benzene rings is 1. The number of rotatable bonds is 6. The van der Waals surface area contributed by atoms with Gasteiger partial charge in [-0.2, -0.15) is 4.39 Å². The summed E-state index contributed by atoms with van der Waals surface area (Å²) < 4.78 is 40.2. The van der Waals surface area contributed by atoms with Crippen LogP contribution in [0.5, 0.6) is 5.75 Å². The van der Waals surface area contributed by atoms with Crippen molar-refractivity contribution in [2.45, 2.75) is 90.1 Å². The minimum atomic E-state index is -0.825. The van der Waals surface area contributed by atoms with Gasteiger partial charge in [-0.15, -0.1) is 0 Å². The zero-order valence-electron chi connectivity index (χ0n) is 19.8. The molecule has 0 amide bonds. The molecule has 32 heavy (non-hydrogen) atoms. The first kappa shape index (κ1) is 23.7. The molecule has 178 valence electrons. The van der Waals surface area contributed by atoms with Gasteiger partial charge in [0, 0.05) is 0 Å². The van der Waals surface area contributed by atoms with Gasteiger partial charge in [0.05, 0.1) is 19.3 Å². The molecule has 4 rings (SSSR count). The molecular weight excluding hydrogens is 406 g/mol. The molecule has 0 N–H and O–H groups in total. The molecule has 2 atom stereocenters. The summed E-state index contributed by atoms with van der Waals surface area (Å²) in [6.07, 6.45) is 16.7. The van der Waals surface area contributed by atoms with Crippen molar-refractivity contribution in [1.82, 2.24) is 0 Å². The quantitative estimate of drug-likeness (QED) is 0.415. The van der Waals surface area contributed by atoms with Gasteiger partial charge >= 0.3 is 0 Å². The maximum absolute atomic E-state index is 14.6. The smallest absolute Gasteiger partial charge is 0.200 e. The highest BCUT2D eigenvalue weighted by molar-refractivity contribution is 5.33. The second kappa shape index (κ2) is 11.1. The van der Waals surface area contributed by atoms with E-state index in [4.69, 9.17) is 9.47 Å². The summed E-state index contributed by atoms with van der Waals surface area (Å²) in [6.45, 7) is 5.12. The average molecular weight is 447 g/mol. The van der Waals surface area contributed by atoms with Crippen LogP contribution in [-0.4, -0.2) is 19.3 Å². The molecule has 2 nitrogen and oxygen atoms in total. The van der Waals surface area contributed by atoms with E-state index in [1.165, 1.54) is 38.5 Å². The maximum atomic E-state index is 14.6. The monoisotopic (exact) mass is 446 g/mol. The lowest BCUT2D eigenvalue weighted by molar-refractivity contribution is -0.0190. The van der Waals surface area contributed by atoms with E-state index in [1.54, 1.807) is 19.1 Å². The number of hydrogen-bond acceptors (Lipinski definition) is 2. The lowest BCUT2D eigenvalue weighted by Crippen LogP contribution is -2.33. The fraction of sp³-hybridized carbons (Fsp3) is 0.714. The van der Waals surface area contributed by atoms with Crippen LogP contribution in [0.4, 0.5) is 8.78 Å². The van der Waals surface area contributed by atoms with E-state index >= 15 is 0 Å². The van der Waals surface area contributed by atoms with Gasteiger partial charge < -0.3 is 9.47 Å². The van der Waals surface area contributed by atoms with Crippen molar-refractivity contribution in [2.24, 2.45) is 23.7 Å². The van der Waals surface area contributed by atoms with Gasteiger partial charge in [-0.05, 0) is 119 Å². The minimum Gasteiger partial charge on any atom is -0.491 e. The fourth-order valence-electron chi connectivity index (χ4n) is 6.65. The van der Waals surface area contributed by atoms with E-state index in [9.17, 15) is 8.78 Å². The molecule has 2 aliphatic carbocycles. The molecule has 0 spiro atoms. The Morgan fingerprint density at radius 3 is 2.00 bits per heavy atom. The minimum absolute atomic E-state index is 0.0277. The molecule has 3 aliphatic rings. The predicted octanol–water partition coefficient (Wildman–Crippen LogP) is 7.82. The van der Waals surface area contributed by atoms with Crippen molar-refractivity contribution in [1.29, 1.82) is 0 Å². The van der Waals surface area contributed by atoms with Crippen LogP contribution in [0.3, 0.4) is 0 Å². The Balaban J connectivity index is 1.24. The standard InChI is InChI=1S/C28H40F2O2/c1-3-5-24-15-14-23(18-32-24)21-8-6-19(7-9-21)20-10-12-22(13-11-20)25-16-17-26(31-4-2)28(30)27(25)29/h3,5,16-17,19-24H,4,6-15,18H2,1-2H3/b5-3+. The molecule has 1 aliphatic heterocycles. The molecule has 2 saturated carbocycles. The number of allylic oxidation sites excluding steroid dienone is 1.